The second kappa shape index (κ2) is 5.04. The van der Waals surface area contributed by atoms with Gasteiger partial charge in [0.05, 0.1) is 0 Å². The van der Waals surface area contributed by atoms with Crippen molar-refractivity contribution in [2.45, 2.75) is 13.0 Å². The first-order chi connectivity index (χ1) is 5.86. The van der Waals surface area contributed by atoms with Crippen molar-refractivity contribution in [1.29, 1.82) is 0 Å². The second-order valence-electron chi connectivity index (χ2n) is 2.11. The Labute approximate surface area is 83.3 Å². The molecule has 4 nitrogen and oxygen atoms in total. The number of aliphatic carboxylic acids is 1. The minimum absolute atomic E-state index is 0.838. The van der Waals surface area contributed by atoms with Gasteiger partial charge in [-0.1, -0.05) is 23.2 Å². The van der Waals surface area contributed by atoms with Crippen LogP contribution in [0.5, 0.6) is 0 Å². The predicted molar refractivity (Wildman–Crippen MR) is 45.1 cm³/mol. The van der Waals surface area contributed by atoms with Gasteiger partial charge in [0.15, 0.2) is 0 Å². The third-order valence-corrected chi connectivity index (χ3v) is 1.42. The summed E-state index contributed by atoms with van der Waals surface area (Å²) in [5, 5.41) is 10.2. The second-order valence-corrected chi connectivity index (χ2v) is 3.06. The minimum Gasteiger partial charge on any atom is -0.480 e. The van der Waals surface area contributed by atoms with Gasteiger partial charge >= 0.3 is 5.97 Å². The van der Waals surface area contributed by atoms with Crippen LogP contribution in [0.2, 0.25) is 0 Å². The summed E-state index contributed by atoms with van der Waals surface area (Å²) in [6, 6.07) is -1.20. The molecule has 13 heavy (non-hydrogen) atoms. The molecule has 0 aromatic carbocycles. The number of rotatable bonds is 3. The van der Waals surface area contributed by atoms with Crippen molar-refractivity contribution in [3.63, 3.8) is 0 Å². The molecule has 0 aromatic rings. The fourth-order valence-electron chi connectivity index (χ4n) is 0.408. The number of carboxylic acids is 1. The van der Waals surface area contributed by atoms with E-state index in [1.165, 1.54) is 6.92 Å². The Hall–Kier alpha value is -0.810. The Morgan fingerprint density at radius 3 is 2.23 bits per heavy atom. The highest BCUT2D eigenvalue weighted by molar-refractivity contribution is 6.57. The molecule has 0 bridgehead atoms. The van der Waals surface area contributed by atoms with Crippen molar-refractivity contribution >= 4 is 35.1 Å². The van der Waals surface area contributed by atoms with Crippen LogP contribution in [0.3, 0.4) is 0 Å². The molecule has 2 N–H and O–H groups in total. The fourth-order valence-corrected chi connectivity index (χ4v) is 0.579. The van der Waals surface area contributed by atoms with Gasteiger partial charge in [0.25, 0.3) is 5.91 Å². The topological polar surface area (TPSA) is 66.4 Å². The molecule has 0 radical (unpaired) electrons. The SMILES string of the molecule is C[C@H](NC(=O)C(F)=C(Cl)Cl)C(=O)O. The van der Waals surface area contributed by atoms with E-state index in [2.05, 4.69) is 0 Å². The van der Waals surface area contributed by atoms with Crippen LogP contribution in [0.1, 0.15) is 6.92 Å². The van der Waals surface area contributed by atoms with Crippen LogP contribution in [0, 0.1) is 0 Å². The van der Waals surface area contributed by atoms with Gasteiger partial charge in [-0.05, 0) is 6.92 Å². The normalized spacial score (nSPS) is 11.7. The van der Waals surface area contributed by atoms with E-state index >= 15 is 0 Å². The molecule has 1 amide bonds. The quantitative estimate of drug-likeness (QED) is 0.715. The van der Waals surface area contributed by atoms with E-state index in [1.807, 2.05) is 5.32 Å². The summed E-state index contributed by atoms with van der Waals surface area (Å²) in [6.07, 6.45) is 0. The van der Waals surface area contributed by atoms with Gasteiger partial charge in [0, 0.05) is 0 Å². The maximum atomic E-state index is 12.6. The molecule has 0 aromatic heterocycles. The third kappa shape index (κ3) is 4.10. The molecule has 0 saturated heterocycles. The molecular weight excluding hydrogens is 224 g/mol. The molecule has 74 valence electrons. The maximum Gasteiger partial charge on any atom is 0.325 e. The lowest BCUT2D eigenvalue weighted by atomic mass is 10.3. The number of hydrogen-bond donors (Lipinski definition) is 2. The van der Waals surface area contributed by atoms with Crippen molar-refractivity contribution in [1.82, 2.24) is 5.32 Å². The number of hydrogen-bond acceptors (Lipinski definition) is 2. The smallest absolute Gasteiger partial charge is 0.325 e. The summed E-state index contributed by atoms with van der Waals surface area (Å²) in [4.78, 5) is 20.9. The van der Waals surface area contributed by atoms with E-state index < -0.39 is 28.2 Å². The van der Waals surface area contributed by atoms with Crippen LogP contribution in [0.25, 0.3) is 0 Å². The van der Waals surface area contributed by atoms with Gasteiger partial charge < -0.3 is 10.4 Å². The van der Waals surface area contributed by atoms with Gasteiger partial charge in [-0.25, -0.2) is 0 Å². The van der Waals surface area contributed by atoms with Gasteiger partial charge in [-0.2, -0.15) is 4.39 Å². The number of carbonyl (C=O) groups is 2. The molecule has 7 heteroatoms. The van der Waals surface area contributed by atoms with Crippen LogP contribution < -0.4 is 5.32 Å². The Morgan fingerprint density at radius 1 is 1.46 bits per heavy atom. The molecule has 0 spiro atoms. The Morgan fingerprint density at radius 2 is 1.92 bits per heavy atom. The van der Waals surface area contributed by atoms with Crippen molar-refractivity contribution in [3.05, 3.63) is 10.3 Å². The molecule has 1 atom stereocenters. The molecular formula is C6H6Cl2FNO3. The highest BCUT2D eigenvalue weighted by Gasteiger charge is 2.18. The molecule has 0 aliphatic rings. The Balaban J connectivity index is 4.33. The summed E-state index contributed by atoms with van der Waals surface area (Å²) >= 11 is 9.90. The van der Waals surface area contributed by atoms with Gasteiger partial charge in [0.2, 0.25) is 5.83 Å². The summed E-state index contributed by atoms with van der Waals surface area (Å²) in [5.74, 6) is -3.95. The van der Waals surface area contributed by atoms with Crippen LogP contribution in [0.15, 0.2) is 10.3 Å². The summed E-state index contributed by atoms with van der Waals surface area (Å²) < 4.78 is 11.7. The Kier molecular flexibility index (Phi) is 4.72. The highest BCUT2D eigenvalue weighted by atomic mass is 35.5. The first-order valence-electron chi connectivity index (χ1n) is 3.10. The van der Waals surface area contributed by atoms with Gasteiger partial charge in [-0.3, -0.25) is 9.59 Å². The number of halogens is 3. The summed E-state index contributed by atoms with van der Waals surface area (Å²) in [7, 11) is 0. The highest BCUT2D eigenvalue weighted by Crippen LogP contribution is 2.15. The summed E-state index contributed by atoms with van der Waals surface area (Å²) in [6.45, 7) is 1.18. The number of nitrogens with one attached hydrogen (secondary N) is 1. The monoisotopic (exact) mass is 229 g/mol. The molecule has 0 aliphatic carbocycles. The van der Waals surface area contributed by atoms with Crippen molar-refractivity contribution in [2.24, 2.45) is 0 Å². The lowest BCUT2D eigenvalue weighted by molar-refractivity contribution is -0.140. The standard InChI is InChI=1S/C6H6Cl2FNO3/c1-2(6(12)13)10-5(11)3(9)4(7)8/h2H,1H3,(H,10,11)(H,12,13)/t2-/m0/s1. The average molecular weight is 230 g/mol. The minimum atomic E-state index is -1.41. The van der Waals surface area contributed by atoms with Crippen molar-refractivity contribution in [3.8, 4) is 0 Å². The first-order valence-corrected chi connectivity index (χ1v) is 3.86. The maximum absolute atomic E-state index is 12.6. The Bertz CT molecular complexity index is 263. The zero-order valence-electron chi connectivity index (χ0n) is 6.47. The van der Waals surface area contributed by atoms with Crippen molar-refractivity contribution < 1.29 is 19.1 Å². The largest absolute Gasteiger partial charge is 0.480 e. The molecule has 0 saturated carbocycles. The molecule has 0 rings (SSSR count). The first kappa shape index (κ1) is 12.2. The third-order valence-electron chi connectivity index (χ3n) is 1.08. The number of carboxylic acid groups (broad SMARTS) is 1. The lowest BCUT2D eigenvalue weighted by Crippen LogP contribution is -2.38. The number of carbonyl (C=O) groups excluding carboxylic acids is 1. The van der Waals surface area contributed by atoms with Crippen LogP contribution in [-0.4, -0.2) is 23.0 Å². The van der Waals surface area contributed by atoms with Crippen LogP contribution in [-0.2, 0) is 9.59 Å². The van der Waals surface area contributed by atoms with Gasteiger partial charge in [0.1, 0.15) is 10.5 Å². The van der Waals surface area contributed by atoms with E-state index in [9.17, 15) is 14.0 Å². The molecule has 0 aliphatic heterocycles. The molecule has 0 unspecified atom stereocenters. The van der Waals surface area contributed by atoms with E-state index in [0.29, 0.717) is 0 Å². The lowest BCUT2D eigenvalue weighted by Gasteiger charge is -2.07. The number of amides is 1. The van der Waals surface area contributed by atoms with E-state index in [4.69, 9.17) is 28.3 Å². The summed E-state index contributed by atoms with van der Waals surface area (Å²) in [5.41, 5.74) is 0. The molecule has 0 fully saturated rings. The predicted octanol–water partition coefficient (Wildman–Crippen LogP) is 1.19. The molecule has 0 heterocycles. The van der Waals surface area contributed by atoms with Crippen molar-refractivity contribution in [2.75, 3.05) is 0 Å². The zero-order valence-corrected chi connectivity index (χ0v) is 7.99. The van der Waals surface area contributed by atoms with Crippen LogP contribution in [0.4, 0.5) is 4.39 Å². The fraction of sp³-hybridized carbons (Fsp3) is 0.333. The van der Waals surface area contributed by atoms with E-state index in [0.717, 1.165) is 0 Å². The van der Waals surface area contributed by atoms with Crippen LogP contribution >= 0.6 is 23.2 Å². The average Bonchev–Trinajstić information content (AvgIpc) is 2.02. The van der Waals surface area contributed by atoms with E-state index in [1.54, 1.807) is 0 Å². The zero-order chi connectivity index (χ0) is 10.6. The van der Waals surface area contributed by atoms with E-state index in [-0.39, 0.29) is 0 Å². The van der Waals surface area contributed by atoms with Gasteiger partial charge in [-0.15, -0.1) is 0 Å².